The molecule has 4 rings (SSSR count). The van der Waals surface area contributed by atoms with Gasteiger partial charge in [0.25, 0.3) is 0 Å². The average molecular weight is 533 g/mol. The van der Waals surface area contributed by atoms with Gasteiger partial charge in [-0.2, -0.15) is 0 Å². The zero-order valence-electron chi connectivity index (χ0n) is 23.4. The van der Waals surface area contributed by atoms with Crippen LogP contribution >= 0.6 is 35.8 Å². The first-order chi connectivity index (χ1) is 16.9. The van der Waals surface area contributed by atoms with Crippen molar-refractivity contribution in [3.8, 4) is 0 Å². The van der Waals surface area contributed by atoms with Gasteiger partial charge in [0.1, 0.15) is 9.28 Å². The average Bonchev–Trinajstić information content (AvgIpc) is 3.42. The lowest BCUT2D eigenvalue weighted by atomic mass is 10.2. The molecule has 0 N–H and O–H groups in total. The number of pyridine rings is 2. The van der Waals surface area contributed by atoms with E-state index in [0.29, 0.717) is 0 Å². The molecule has 0 atom stereocenters. The highest BCUT2D eigenvalue weighted by Gasteiger charge is 1.96. The topological polar surface area (TPSA) is 19.1 Å². The molecule has 194 valence electrons. The van der Waals surface area contributed by atoms with E-state index >= 15 is 0 Å². The third kappa shape index (κ3) is 11.8. The molecule has 0 radical (unpaired) electrons. The number of aromatic nitrogens is 2. The van der Waals surface area contributed by atoms with Crippen molar-refractivity contribution in [2.75, 3.05) is 7.11 Å². The molecule has 0 saturated heterocycles. The number of hydrogen-bond donors (Lipinski definition) is 0. The fourth-order valence-corrected chi connectivity index (χ4v) is 3.89. The third-order valence-electron chi connectivity index (χ3n) is 4.41. The molecule has 0 fully saturated rings. The van der Waals surface area contributed by atoms with E-state index < -0.39 is 0 Å². The molecule has 3 aromatic heterocycles. The maximum Gasteiger partial charge on any atom is 0.123 e. The van der Waals surface area contributed by atoms with Crippen LogP contribution < -0.4 is 0 Å². The molecule has 3 nitrogen and oxygen atoms in total. The van der Waals surface area contributed by atoms with Crippen molar-refractivity contribution >= 4 is 56.6 Å². The molecule has 6 heteroatoms. The van der Waals surface area contributed by atoms with Crippen LogP contribution in [0.4, 0.5) is 0 Å². The van der Waals surface area contributed by atoms with Gasteiger partial charge < -0.3 is 13.9 Å². The zero-order chi connectivity index (χ0) is 27.4. The zero-order valence-corrected chi connectivity index (χ0v) is 25.8. The molecule has 0 aliphatic heterocycles. The van der Waals surface area contributed by atoms with Crippen molar-refractivity contribution in [1.82, 2.24) is 9.13 Å². The van der Waals surface area contributed by atoms with Gasteiger partial charge in [0.2, 0.25) is 0 Å². The molecule has 0 aliphatic carbocycles. The van der Waals surface area contributed by atoms with Crippen LogP contribution in [0.2, 0.25) is 0 Å². The van der Waals surface area contributed by atoms with Crippen LogP contribution in [0, 0.1) is 9.28 Å². The van der Waals surface area contributed by atoms with Crippen LogP contribution in [0.1, 0.15) is 55.4 Å². The maximum absolute atomic E-state index is 5.26. The Kier molecular flexibility index (Phi) is 21.0. The van der Waals surface area contributed by atoms with Crippen molar-refractivity contribution in [2.45, 2.75) is 55.4 Å². The van der Waals surface area contributed by atoms with Crippen LogP contribution in [0.15, 0.2) is 72.1 Å². The van der Waals surface area contributed by atoms with Crippen LogP contribution in [-0.4, -0.2) is 16.2 Å². The summed E-state index contributed by atoms with van der Waals surface area (Å²) in [6, 6.07) is 14.4. The number of allylic oxidation sites excluding steroid dienone is 2. The molecule has 1 aromatic carbocycles. The van der Waals surface area contributed by atoms with Crippen molar-refractivity contribution in [1.29, 1.82) is 0 Å². The number of rotatable bonds is 1. The van der Waals surface area contributed by atoms with Crippen molar-refractivity contribution in [3.05, 3.63) is 81.4 Å². The Morgan fingerprint density at radius 1 is 0.800 bits per heavy atom. The summed E-state index contributed by atoms with van der Waals surface area (Å²) in [5, 5.41) is 5.68. The molecule has 35 heavy (non-hydrogen) atoms. The number of aryl methyl sites for hydroxylation is 2. The minimum atomic E-state index is 0.896. The number of ether oxygens (including phenoxy) is 1. The van der Waals surface area contributed by atoms with E-state index in [9.17, 15) is 0 Å². The number of benzene rings is 1. The monoisotopic (exact) mass is 532 g/mol. The van der Waals surface area contributed by atoms with Gasteiger partial charge in [0.05, 0.1) is 17.6 Å². The van der Waals surface area contributed by atoms with Crippen molar-refractivity contribution in [3.63, 3.8) is 0 Å². The normalized spacial score (nSPS) is 9.40. The smallest absolute Gasteiger partial charge is 0.123 e. The second-order valence-electron chi connectivity index (χ2n) is 6.36. The van der Waals surface area contributed by atoms with Crippen LogP contribution in [0.5, 0.6) is 0 Å². The van der Waals surface area contributed by atoms with Gasteiger partial charge in [-0.05, 0) is 48.2 Å². The number of methoxy groups -OCH3 is 1. The van der Waals surface area contributed by atoms with Crippen LogP contribution in [-0.2, 0) is 18.8 Å². The molecule has 0 bridgehead atoms. The lowest BCUT2D eigenvalue weighted by Crippen LogP contribution is -1.90. The van der Waals surface area contributed by atoms with E-state index in [4.69, 9.17) is 29.2 Å². The third-order valence-corrected chi connectivity index (χ3v) is 6.47. The van der Waals surface area contributed by atoms with E-state index in [0.717, 1.165) is 20.4 Å². The molecular formula is C29H44N2OS3. The summed E-state index contributed by atoms with van der Waals surface area (Å²) in [7, 11) is 5.60. The van der Waals surface area contributed by atoms with Crippen LogP contribution in [0.25, 0.3) is 20.9 Å². The molecule has 0 amide bonds. The van der Waals surface area contributed by atoms with E-state index in [-0.39, 0.29) is 0 Å². The predicted octanol–water partition coefficient (Wildman–Crippen LogP) is 10.5. The van der Waals surface area contributed by atoms with E-state index in [1.54, 1.807) is 18.4 Å². The summed E-state index contributed by atoms with van der Waals surface area (Å²) in [6.07, 6.45) is 5.90. The van der Waals surface area contributed by atoms with Gasteiger partial charge in [-0.3, -0.25) is 0 Å². The Balaban J connectivity index is 0. The molecule has 3 heterocycles. The first-order valence-corrected chi connectivity index (χ1v) is 13.8. The summed E-state index contributed by atoms with van der Waals surface area (Å²) < 4.78 is 11.7. The Morgan fingerprint density at radius 3 is 1.83 bits per heavy atom. The van der Waals surface area contributed by atoms with E-state index in [1.165, 1.54) is 15.5 Å². The molecule has 0 aliphatic rings. The Hall–Kier alpha value is -2.28. The van der Waals surface area contributed by atoms with Crippen molar-refractivity contribution in [2.24, 2.45) is 14.1 Å². The molecule has 0 unspecified atom stereocenters. The van der Waals surface area contributed by atoms with Gasteiger partial charge in [-0.15, -0.1) is 11.3 Å². The number of thiophene rings is 1. The summed E-state index contributed by atoms with van der Waals surface area (Å²) in [5.41, 5.74) is 0. The standard InChI is InChI=1S/C10H9NS.C8H7NS2.C5H10O.3C2H6/c1-11-7-6-8-4-2-3-5-9(8)10(11)12;1-9-4-2-6-3-5-11-7(6)8(9)10;1-4-5(2)6-3;3*1-2/h2-7H,1H3;2-5H,1H3;4H,1-3H3;3*1-2H3/b;;5-4+;;;. The number of fused-ring (bicyclic) bond motifs is 2. The Labute approximate surface area is 227 Å². The fourth-order valence-electron chi connectivity index (χ4n) is 2.45. The highest BCUT2D eigenvalue weighted by Crippen LogP contribution is 2.20. The lowest BCUT2D eigenvalue weighted by molar-refractivity contribution is 0.293. The van der Waals surface area contributed by atoms with Gasteiger partial charge in [-0.25, -0.2) is 0 Å². The Morgan fingerprint density at radius 2 is 1.31 bits per heavy atom. The van der Waals surface area contributed by atoms with E-state index in [2.05, 4.69) is 35.7 Å². The van der Waals surface area contributed by atoms with Gasteiger partial charge in [0, 0.05) is 31.9 Å². The highest BCUT2D eigenvalue weighted by atomic mass is 32.1. The summed E-state index contributed by atoms with van der Waals surface area (Å²) in [4.78, 5) is 0. The van der Waals surface area contributed by atoms with Gasteiger partial charge in [0.15, 0.2) is 0 Å². The SMILES string of the molecule is C/C=C(\C)OC.CC.CC.CC.Cn1ccc2ccccc2c1=S.Cn1ccc2ccsc2c1=S. The quantitative estimate of drug-likeness (QED) is 0.179. The molecule has 4 aromatic rings. The summed E-state index contributed by atoms with van der Waals surface area (Å²) in [6.45, 7) is 15.9. The molecule has 0 saturated carbocycles. The largest absolute Gasteiger partial charge is 0.502 e. The molecule has 0 spiro atoms. The maximum atomic E-state index is 5.26. The second kappa shape index (κ2) is 21.0. The number of hydrogen-bond acceptors (Lipinski definition) is 4. The first-order valence-electron chi connectivity index (χ1n) is 12.1. The first kappa shape index (κ1) is 34.9. The highest BCUT2D eigenvalue weighted by molar-refractivity contribution is 7.72. The van der Waals surface area contributed by atoms with E-state index in [1.807, 2.05) is 109 Å². The minimum absolute atomic E-state index is 0.896. The lowest BCUT2D eigenvalue weighted by Gasteiger charge is -2.01. The van der Waals surface area contributed by atoms with Gasteiger partial charge in [-0.1, -0.05) is 96.3 Å². The predicted molar refractivity (Wildman–Crippen MR) is 166 cm³/mol. The van der Waals surface area contributed by atoms with Crippen molar-refractivity contribution < 1.29 is 4.74 Å². The number of nitrogens with zero attached hydrogens (tertiary/aromatic N) is 2. The van der Waals surface area contributed by atoms with Crippen LogP contribution in [0.3, 0.4) is 0 Å². The fraction of sp³-hybridized carbons (Fsp3) is 0.379. The summed E-state index contributed by atoms with van der Waals surface area (Å²) in [5.74, 6) is 0.968. The summed E-state index contributed by atoms with van der Waals surface area (Å²) >= 11 is 12.2. The van der Waals surface area contributed by atoms with Gasteiger partial charge >= 0.3 is 0 Å². The second-order valence-corrected chi connectivity index (χ2v) is 8.05. The molecular weight excluding hydrogens is 489 g/mol. The Bertz CT molecular complexity index is 1230. The minimum Gasteiger partial charge on any atom is -0.502 e.